The van der Waals surface area contributed by atoms with Gasteiger partial charge in [-0.25, -0.2) is 4.39 Å². The van der Waals surface area contributed by atoms with Crippen LogP contribution in [-0.2, 0) is 5.60 Å². The quantitative estimate of drug-likeness (QED) is 0.812. The predicted molar refractivity (Wildman–Crippen MR) is 55.7 cm³/mol. The van der Waals surface area contributed by atoms with Crippen LogP contribution in [0.25, 0.3) is 0 Å². The van der Waals surface area contributed by atoms with Crippen molar-refractivity contribution in [2.75, 3.05) is 0 Å². The van der Waals surface area contributed by atoms with Crippen LogP contribution in [0.5, 0.6) is 0 Å². The van der Waals surface area contributed by atoms with E-state index in [1.807, 2.05) is 0 Å². The van der Waals surface area contributed by atoms with E-state index in [0.717, 1.165) is 12.8 Å². The molecule has 1 N–H and O–H groups in total. The summed E-state index contributed by atoms with van der Waals surface area (Å²) >= 11 is 0. The lowest BCUT2D eigenvalue weighted by Gasteiger charge is -2.29. The zero-order valence-electron chi connectivity index (χ0n) is 8.91. The van der Waals surface area contributed by atoms with Crippen molar-refractivity contribution in [1.82, 2.24) is 4.98 Å². The number of nitrogens with zero attached hydrogens (tertiary/aromatic N) is 1. The highest BCUT2D eigenvalue weighted by Gasteiger charge is 2.36. The Morgan fingerprint density at radius 3 is 2.60 bits per heavy atom. The third kappa shape index (κ3) is 2.02. The Morgan fingerprint density at radius 1 is 1.40 bits per heavy atom. The second kappa shape index (κ2) is 3.89. The first-order valence-electron chi connectivity index (χ1n) is 5.45. The van der Waals surface area contributed by atoms with Gasteiger partial charge in [-0.15, -0.1) is 0 Å². The summed E-state index contributed by atoms with van der Waals surface area (Å²) in [6.45, 7) is 1.78. The number of halogens is 1. The van der Waals surface area contributed by atoms with Crippen LogP contribution < -0.4 is 0 Å². The highest BCUT2D eigenvalue weighted by atomic mass is 19.1. The van der Waals surface area contributed by atoms with E-state index in [9.17, 15) is 9.50 Å². The van der Waals surface area contributed by atoms with Crippen LogP contribution >= 0.6 is 0 Å². The monoisotopic (exact) mass is 209 g/mol. The molecular formula is C12H16FNO. The molecule has 1 aliphatic rings. The second-order valence-electron chi connectivity index (χ2n) is 4.49. The molecule has 1 saturated carbocycles. The lowest BCUT2D eigenvalue weighted by atomic mass is 9.85. The molecule has 1 aromatic heterocycles. The standard InChI is InChI=1S/C12H16FNO/c1-12(15,9-4-2-3-5-9)11-7-6-10(13)8-14-11/h6-9,15H,2-5H2,1H3. The third-order valence-corrected chi connectivity index (χ3v) is 3.40. The van der Waals surface area contributed by atoms with Crippen molar-refractivity contribution < 1.29 is 9.50 Å². The van der Waals surface area contributed by atoms with E-state index in [2.05, 4.69) is 4.98 Å². The number of pyridine rings is 1. The van der Waals surface area contributed by atoms with Gasteiger partial charge in [0.05, 0.1) is 11.9 Å². The average molecular weight is 209 g/mol. The molecule has 3 heteroatoms. The van der Waals surface area contributed by atoms with Gasteiger partial charge < -0.3 is 5.11 Å². The maximum Gasteiger partial charge on any atom is 0.141 e. The van der Waals surface area contributed by atoms with Crippen LogP contribution in [-0.4, -0.2) is 10.1 Å². The van der Waals surface area contributed by atoms with Crippen molar-refractivity contribution >= 4 is 0 Å². The second-order valence-corrected chi connectivity index (χ2v) is 4.49. The van der Waals surface area contributed by atoms with E-state index in [0.29, 0.717) is 5.69 Å². The van der Waals surface area contributed by atoms with Crippen molar-refractivity contribution in [3.8, 4) is 0 Å². The van der Waals surface area contributed by atoms with E-state index in [4.69, 9.17) is 0 Å². The molecular weight excluding hydrogens is 193 g/mol. The van der Waals surface area contributed by atoms with Gasteiger partial charge in [0, 0.05) is 0 Å². The van der Waals surface area contributed by atoms with Gasteiger partial charge in [0.2, 0.25) is 0 Å². The van der Waals surface area contributed by atoms with Gasteiger partial charge in [0.15, 0.2) is 0 Å². The molecule has 0 saturated heterocycles. The first kappa shape index (κ1) is 10.6. The molecule has 1 aliphatic carbocycles. The van der Waals surface area contributed by atoms with E-state index >= 15 is 0 Å². The van der Waals surface area contributed by atoms with Crippen LogP contribution in [0.4, 0.5) is 4.39 Å². The van der Waals surface area contributed by atoms with E-state index < -0.39 is 5.60 Å². The summed E-state index contributed by atoms with van der Waals surface area (Å²) < 4.78 is 12.7. The fraction of sp³-hybridized carbons (Fsp3) is 0.583. The maximum absolute atomic E-state index is 12.7. The topological polar surface area (TPSA) is 33.1 Å². The van der Waals surface area contributed by atoms with Gasteiger partial charge in [-0.3, -0.25) is 4.98 Å². The highest BCUT2D eigenvalue weighted by molar-refractivity contribution is 5.14. The maximum atomic E-state index is 12.7. The molecule has 2 rings (SSSR count). The van der Waals surface area contributed by atoms with Crippen molar-refractivity contribution in [3.05, 3.63) is 29.8 Å². The predicted octanol–water partition coefficient (Wildman–Crippen LogP) is 2.62. The van der Waals surface area contributed by atoms with Crippen LogP contribution in [0.2, 0.25) is 0 Å². The molecule has 15 heavy (non-hydrogen) atoms. The van der Waals surface area contributed by atoms with Crippen molar-refractivity contribution in [3.63, 3.8) is 0 Å². The van der Waals surface area contributed by atoms with Gasteiger partial charge >= 0.3 is 0 Å². The van der Waals surface area contributed by atoms with Gasteiger partial charge in [0.1, 0.15) is 11.4 Å². The number of hydrogen-bond donors (Lipinski definition) is 1. The zero-order chi connectivity index (χ0) is 10.9. The molecule has 0 aromatic carbocycles. The Hall–Kier alpha value is -0.960. The van der Waals surface area contributed by atoms with E-state index in [-0.39, 0.29) is 11.7 Å². The van der Waals surface area contributed by atoms with E-state index in [1.165, 1.54) is 25.1 Å². The molecule has 2 nitrogen and oxygen atoms in total. The summed E-state index contributed by atoms with van der Waals surface area (Å²) in [5.41, 5.74) is -0.333. The van der Waals surface area contributed by atoms with E-state index in [1.54, 1.807) is 13.0 Å². The van der Waals surface area contributed by atoms with Gasteiger partial charge in [-0.1, -0.05) is 12.8 Å². The fourth-order valence-corrected chi connectivity index (χ4v) is 2.37. The molecule has 82 valence electrons. The molecule has 1 fully saturated rings. The Kier molecular flexibility index (Phi) is 2.74. The minimum atomic E-state index is -0.913. The largest absolute Gasteiger partial charge is 0.384 e. The van der Waals surface area contributed by atoms with Gasteiger partial charge in [0.25, 0.3) is 0 Å². The molecule has 0 amide bonds. The molecule has 1 atom stereocenters. The van der Waals surface area contributed by atoms with Gasteiger partial charge in [-0.2, -0.15) is 0 Å². The van der Waals surface area contributed by atoms with Gasteiger partial charge in [-0.05, 0) is 37.8 Å². The molecule has 0 aliphatic heterocycles. The Balaban J connectivity index is 2.23. The van der Waals surface area contributed by atoms with Crippen molar-refractivity contribution in [2.24, 2.45) is 5.92 Å². The molecule has 1 unspecified atom stereocenters. The smallest absolute Gasteiger partial charge is 0.141 e. The summed E-state index contributed by atoms with van der Waals surface area (Å²) in [6.07, 6.45) is 5.57. The average Bonchev–Trinajstić information content (AvgIpc) is 2.71. The van der Waals surface area contributed by atoms with Crippen LogP contribution in [0.15, 0.2) is 18.3 Å². The summed E-state index contributed by atoms with van der Waals surface area (Å²) in [5.74, 6) is -0.101. The number of aliphatic hydroxyl groups is 1. The summed E-state index contributed by atoms with van der Waals surface area (Å²) in [5, 5.41) is 10.4. The number of aromatic nitrogens is 1. The number of rotatable bonds is 2. The minimum Gasteiger partial charge on any atom is -0.384 e. The highest BCUT2D eigenvalue weighted by Crippen LogP contribution is 2.39. The lowest BCUT2D eigenvalue weighted by Crippen LogP contribution is -2.31. The lowest BCUT2D eigenvalue weighted by molar-refractivity contribution is -0.00743. The first-order valence-corrected chi connectivity index (χ1v) is 5.45. The fourth-order valence-electron chi connectivity index (χ4n) is 2.37. The van der Waals surface area contributed by atoms with Crippen molar-refractivity contribution in [2.45, 2.75) is 38.2 Å². The molecule has 0 bridgehead atoms. The summed E-state index contributed by atoms with van der Waals surface area (Å²) in [4.78, 5) is 3.97. The van der Waals surface area contributed by atoms with Crippen molar-refractivity contribution in [1.29, 1.82) is 0 Å². The first-order chi connectivity index (χ1) is 7.10. The normalized spacial score (nSPS) is 21.5. The SMILES string of the molecule is CC(O)(c1ccc(F)cn1)C1CCCC1. The van der Waals surface area contributed by atoms with Crippen LogP contribution in [0.3, 0.4) is 0 Å². The zero-order valence-corrected chi connectivity index (χ0v) is 8.91. The Morgan fingerprint density at radius 2 is 2.07 bits per heavy atom. The number of hydrogen-bond acceptors (Lipinski definition) is 2. The molecule has 1 aromatic rings. The minimum absolute atomic E-state index is 0.260. The molecule has 0 radical (unpaired) electrons. The summed E-state index contributed by atoms with van der Waals surface area (Å²) in [7, 11) is 0. The Labute approximate surface area is 89.2 Å². The Bertz CT molecular complexity index is 328. The van der Waals surface area contributed by atoms with Crippen LogP contribution in [0, 0.1) is 11.7 Å². The summed E-state index contributed by atoms with van der Waals surface area (Å²) in [6, 6.07) is 2.93. The molecule has 0 spiro atoms. The van der Waals surface area contributed by atoms with Crippen LogP contribution in [0.1, 0.15) is 38.3 Å². The molecule has 1 heterocycles. The third-order valence-electron chi connectivity index (χ3n) is 3.40.